The van der Waals surface area contributed by atoms with Gasteiger partial charge in [-0.25, -0.2) is 9.97 Å². The van der Waals surface area contributed by atoms with Gasteiger partial charge in [-0.1, -0.05) is 19.9 Å². The van der Waals surface area contributed by atoms with Gasteiger partial charge in [-0.15, -0.1) is 11.3 Å². The molecule has 1 saturated heterocycles. The minimum Gasteiger partial charge on any atom is -0.367 e. The summed E-state index contributed by atoms with van der Waals surface area (Å²) in [6, 6.07) is 10.7. The van der Waals surface area contributed by atoms with Gasteiger partial charge in [0.25, 0.3) is 0 Å². The Morgan fingerprint density at radius 2 is 1.88 bits per heavy atom. The number of aromatic nitrogens is 3. The Kier molecular flexibility index (Phi) is 9.95. The lowest BCUT2D eigenvalue weighted by molar-refractivity contribution is -0.127. The predicted octanol–water partition coefficient (Wildman–Crippen LogP) is 6.49. The molecule has 49 heavy (non-hydrogen) atoms. The van der Waals surface area contributed by atoms with Gasteiger partial charge in [0.1, 0.15) is 28.7 Å². The van der Waals surface area contributed by atoms with Gasteiger partial charge in [-0.05, 0) is 87.4 Å². The molecule has 6 rings (SSSR count). The number of alkyl halides is 3. The van der Waals surface area contributed by atoms with Gasteiger partial charge in [0.15, 0.2) is 0 Å². The van der Waals surface area contributed by atoms with Crippen molar-refractivity contribution in [2.75, 3.05) is 39.0 Å². The fourth-order valence-corrected chi connectivity index (χ4v) is 8.64. The van der Waals surface area contributed by atoms with Gasteiger partial charge in [0, 0.05) is 54.0 Å². The molecular formula is C36H45F3N8OS. The molecule has 2 aliphatic rings. The normalized spacial score (nSPS) is 20.6. The van der Waals surface area contributed by atoms with Crippen molar-refractivity contribution in [3.05, 3.63) is 52.3 Å². The third kappa shape index (κ3) is 7.71. The van der Waals surface area contributed by atoms with E-state index in [1.807, 2.05) is 25.1 Å². The third-order valence-electron chi connectivity index (χ3n) is 10.5. The highest BCUT2D eigenvalue weighted by atomic mass is 32.1. The first-order valence-electron chi connectivity index (χ1n) is 17.0. The van der Waals surface area contributed by atoms with E-state index >= 15 is 0 Å². The van der Waals surface area contributed by atoms with Gasteiger partial charge in [-0.3, -0.25) is 9.69 Å². The fraction of sp³-hybridized carbons (Fsp3) is 0.556. The summed E-state index contributed by atoms with van der Waals surface area (Å²) in [7, 11) is 3.78. The maximum atomic E-state index is 13.0. The van der Waals surface area contributed by atoms with E-state index < -0.39 is 12.6 Å². The number of fused-ring (bicyclic) bond motifs is 2. The summed E-state index contributed by atoms with van der Waals surface area (Å²) in [5.41, 5.74) is 4.16. The minimum absolute atomic E-state index is 0.00487. The van der Waals surface area contributed by atoms with E-state index in [-0.39, 0.29) is 28.3 Å². The molecule has 0 atom stereocenters. The monoisotopic (exact) mass is 694 g/mol. The summed E-state index contributed by atoms with van der Waals surface area (Å²) in [5.74, 6) is 1.04. The Balaban J connectivity index is 1.10. The zero-order valence-electron chi connectivity index (χ0n) is 28.8. The number of nitrogens with one attached hydrogen (secondary N) is 2. The zero-order chi connectivity index (χ0) is 35.1. The maximum Gasteiger partial charge on any atom is 0.393 e. The summed E-state index contributed by atoms with van der Waals surface area (Å²) in [6.07, 6.45) is -0.254. The number of anilines is 1. The van der Waals surface area contributed by atoms with Gasteiger partial charge in [0.05, 0.1) is 18.4 Å². The molecule has 0 bridgehead atoms. The second kappa shape index (κ2) is 13.9. The molecular weight excluding hydrogens is 650 g/mol. The van der Waals surface area contributed by atoms with Gasteiger partial charge < -0.3 is 20.1 Å². The van der Waals surface area contributed by atoms with Crippen molar-refractivity contribution < 1.29 is 18.0 Å². The lowest BCUT2D eigenvalue weighted by Crippen LogP contribution is -2.55. The highest BCUT2D eigenvalue weighted by molar-refractivity contribution is 7.18. The van der Waals surface area contributed by atoms with Crippen LogP contribution in [0, 0.1) is 29.6 Å². The van der Waals surface area contributed by atoms with Crippen LogP contribution in [0.3, 0.4) is 0 Å². The van der Waals surface area contributed by atoms with Crippen LogP contribution in [0.2, 0.25) is 0 Å². The van der Waals surface area contributed by atoms with Crippen LogP contribution in [-0.2, 0) is 24.3 Å². The van der Waals surface area contributed by atoms with Crippen molar-refractivity contribution in [3.8, 4) is 6.07 Å². The number of nitriles is 1. The maximum absolute atomic E-state index is 13.0. The van der Waals surface area contributed by atoms with Gasteiger partial charge in [-0.2, -0.15) is 18.4 Å². The molecule has 1 amide bonds. The summed E-state index contributed by atoms with van der Waals surface area (Å²) < 4.78 is 41.1. The van der Waals surface area contributed by atoms with Crippen LogP contribution < -0.4 is 10.6 Å². The van der Waals surface area contributed by atoms with Crippen molar-refractivity contribution in [1.29, 1.82) is 5.26 Å². The Labute approximate surface area is 289 Å². The number of carbonyl (C=O) groups is 1. The van der Waals surface area contributed by atoms with Crippen molar-refractivity contribution in [1.82, 2.24) is 29.7 Å². The number of piperidine rings is 1. The van der Waals surface area contributed by atoms with Crippen molar-refractivity contribution in [3.63, 3.8) is 0 Å². The fourth-order valence-electron chi connectivity index (χ4n) is 7.61. The molecule has 0 unspecified atom stereocenters. The van der Waals surface area contributed by atoms with Crippen LogP contribution in [0.5, 0.6) is 0 Å². The van der Waals surface area contributed by atoms with Crippen molar-refractivity contribution in [2.24, 2.45) is 11.3 Å². The van der Waals surface area contributed by atoms with Crippen LogP contribution in [0.15, 0.2) is 30.6 Å². The molecule has 1 saturated carbocycles. The third-order valence-corrected chi connectivity index (χ3v) is 11.5. The number of hydrogen-bond acceptors (Lipinski definition) is 8. The Morgan fingerprint density at radius 1 is 1.14 bits per heavy atom. The molecule has 9 nitrogen and oxygen atoms in total. The van der Waals surface area contributed by atoms with Crippen molar-refractivity contribution >= 4 is 44.2 Å². The summed E-state index contributed by atoms with van der Waals surface area (Å²) in [5, 5.41) is 18.6. The molecule has 2 fully saturated rings. The number of aryl methyl sites for hydroxylation is 1. The molecule has 3 aromatic heterocycles. The van der Waals surface area contributed by atoms with Gasteiger partial charge >= 0.3 is 6.18 Å². The number of benzene rings is 1. The first kappa shape index (κ1) is 35.1. The minimum atomic E-state index is -4.26. The number of likely N-dealkylation sites (tertiary alicyclic amines) is 1. The highest BCUT2D eigenvalue weighted by Crippen LogP contribution is 2.49. The van der Waals surface area contributed by atoms with E-state index in [0.717, 1.165) is 74.1 Å². The number of rotatable bonds is 11. The number of thiophene rings is 1. The smallest absolute Gasteiger partial charge is 0.367 e. The number of halogens is 3. The number of carbonyl (C=O) groups excluding carboxylic acids is 1. The Bertz CT molecular complexity index is 1860. The molecule has 13 heteroatoms. The first-order chi connectivity index (χ1) is 23.2. The van der Waals surface area contributed by atoms with E-state index in [2.05, 4.69) is 69.0 Å². The van der Waals surface area contributed by atoms with E-state index in [1.165, 1.54) is 17.5 Å². The molecule has 1 aliphatic heterocycles. The van der Waals surface area contributed by atoms with Crippen LogP contribution >= 0.6 is 11.3 Å². The Morgan fingerprint density at radius 3 is 2.53 bits per heavy atom. The SMILES string of the molecule is Cc1c(CN2CCC(Nc3ncnc4sc(CC(F)(F)F)cc34)CC2)ccc2c1cc(C#N)n2CC1(C(C)C)CC(NC(=O)CN(C)C)C1. The summed E-state index contributed by atoms with van der Waals surface area (Å²) >= 11 is 1.06. The van der Waals surface area contributed by atoms with E-state index in [9.17, 15) is 23.2 Å². The van der Waals surface area contributed by atoms with Crippen LogP contribution in [0.1, 0.15) is 61.2 Å². The summed E-state index contributed by atoms with van der Waals surface area (Å²) in [4.78, 5) is 26.0. The molecule has 1 aliphatic carbocycles. The Hall–Kier alpha value is -3.73. The predicted molar refractivity (Wildman–Crippen MR) is 187 cm³/mol. The molecule has 0 radical (unpaired) electrons. The first-order valence-corrected chi connectivity index (χ1v) is 17.8. The van der Waals surface area contributed by atoms with Crippen LogP contribution in [0.4, 0.5) is 19.0 Å². The van der Waals surface area contributed by atoms with E-state index in [4.69, 9.17) is 0 Å². The molecule has 4 heterocycles. The topological polar surface area (TPSA) is 102 Å². The number of nitrogens with zero attached hydrogens (tertiary/aromatic N) is 6. The zero-order valence-corrected chi connectivity index (χ0v) is 29.6. The lowest BCUT2D eigenvalue weighted by atomic mass is 9.59. The second-order valence-corrected chi connectivity index (χ2v) is 15.7. The quantitative estimate of drug-likeness (QED) is 0.185. The molecule has 2 N–H and O–H groups in total. The molecule has 1 aromatic carbocycles. The molecule has 262 valence electrons. The van der Waals surface area contributed by atoms with E-state index in [1.54, 1.807) is 6.07 Å². The second-order valence-electron chi connectivity index (χ2n) is 14.6. The highest BCUT2D eigenvalue weighted by Gasteiger charge is 2.47. The molecule has 0 spiro atoms. The standard InChI is InChI=1S/C36H45F3N8OS/c1-22(2)35(14-26(15-35)43-32(48)19-45(4)5)20-47-27(17-40)12-29-23(3)24(6-7-31(29)47)18-46-10-8-25(9-11-46)44-33-30-13-28(16-36(37,38)39)49-34(30)42-21-41-33/h6-7,12-13,21-22,25-26H,8-11,14-16,18-20H2,1-5H3,(H,43,48)(H,41,42,44). The number of likely N-dealkylation sites (N-methyl/N-ethyl adjacent to an activating group) is 1. The summed E-state index contributed by atoms with van der Waals surface area (Å²) in [6.45, 7) is 10.3. The average Bonchev–Trinajstić information content (AvgIpc) is 3.58. The van der Waals surface area contributed by atoms with E-state index in [0.29, 0.717) is 34.2 Å². The lowest BCUT2D eigenvalue weighted by Gasteiger charge is -2.51. The van der Waals surface area contributed by atoms with Crippen LogP contribution in [-0.4, -0.2) is 82.2 Å². The van der Waals surface area contributed by atoms with Crippen molar-refractivity contribution in [2.45, 2.75) is 84.2 Å². The number of hydrogen-bond donors (Lipinski definition) is 2. The largest absolute Gasteiger partial charge is 0.393 e. The van der Waals surface area contributed by atoms with Crippen LogP contribution in [0.25, 0.3) is 21.1 Å². The number of amides is 1. The van der Waals surface area contributed by atoms with Gasteiger partial charge in [0.2, 0.25) is 5.91 Å². The molecule has 4 aromatic rings. The average molecular weight is 695 g/mol.